The maximum Gasteiger partial charge on any atom is 0.103 e. The Kier molecular flexibility index (Phi) is 0.771. The van der Waals surface area contributed by atoms with Crippen LogP contribution >= 0.6 is 0 Å². The second-order valence-corrected chi connectivity index (χ2v) is 1.32. The van der Waals surface area contributed by atoms with Gasteiger partial charge < -0.3 is 5.32 Å². The molecule has 1 aliphatic heterocycles. The van der Waals surface area contributed by atoms with Gasteiger partial charge in [0.05, 0.1) is 6.07 Å². The van der Waals surface area contributed by atoms with Crippen LogP contribution in [0, 0.1) is 17.2 Å². The Hall–Kier alpha value is -0.550. The quantitative estimate of drug-likeness (QED) is 0.434. The van der Waals surface area contributed by atoms with Gasteiger partial charge in [0, 0.05) is 13.1 Å². The van der Waals surface area contributed by atoms with E-state index in [1.807, 2.05) is 0 Å². The lowest BCUT2D eigenvalue weighted by molar-refractivity contribution is 0.608. The predicted octanol–water partition coefficient (Wildman–Crippen LogP) is -0.312. The molecule has 2 heteroatoms. The van der Waals surface area contributed by atoms with Crippen LogP contribution in [0.3, 0.4) is 0 Å². The molecule has 31 valence electrons. The zero-order chi connectivity index (χ0) is 4.41. The Labute approximate surface area is 36.8 Å². The van der Waals surface area contributed by atoms with Crippen molar-refractivity contribution in [3.8, 4) is 6.07 Å². The van der Waals surface area contributed by atoms with Gasteiger partial charge in [0.15, 0.2) is 0 Å². The maximum atomic E-state index is 8.06. The van der Waals surface area contributed by atoms with Crippen molar-refractivity contribution >= 4 is 0 Å². The smallest absolute Gasteiger partial charge is 0.103 e. The molecule has 1 N–H and O–H groups in total. The molecule has 0 aromatic carbocycles. The van der Waals surface area contributed by atoms with Gasteiger partial charge in [0.2, 0.25) is 0 Å². The van der Waals surface area contributed by atoms with Crippen molar-refractivity contribution in [3.63, 3.8) is 0 Å². The Morgan fingerprint density at radius 3 is 2.33 bits per heavy atom. The van der Waals surface area contributed by atoms with Gasteiger partial charge in [-0.3, -0.25) is 0 Å². The van der Waals surface area contributed by atoms with E-state index < -0.39 is 0 Å². The second kappa shape index (κ2) is 1.27. The fourth-order valence-corrected chi connectivity index (χ4v) is 0.329. The fourth-order valence-electron chi connectivity index (χ4n) is 0.329. The van der Waals surface area contributed by atoms with Crippen LogP contribution in [-0.4, -0.2) is 13.1 Å². The number of rotatable bonds is 0. The first-order chi connectivity index (χ1) is 2.93. The molecule has 1 rings (SSSR count). The van der Waals surface area contributed by atoms with Crippen LogP contribution in [-0.2, 0) is 0 Å². The lowest BCUT2D eigenvalue weighted by Gasteiger charge is -2.17. The number of nitrogens with one attached hydrogen (secondary N) is 1. The van der Waals surface area contributed by atoms with Crippen molar-refractivity contribution in [2.24, 2.45) is 0 Å². The maximum absolute atomic E-state index is 8.06. The minimum atomic E-state index is 0.816. The molecule has 2 nitrogen and oxygen atoms in total. The van der Waals surface area contributed by atoms with Gasteiger partial charge in [0.1, 0.15) is 5.92 Å². The molecule has 0 amide bonds. The van der Waals surface area contributed by atoms with Crippen LogP contribution in [0.1, 0.15) is 0 Å². The molecule has 1 saturated heterocycles. The van der Waals surface area contributed by atoms with Gasteiger partial charge in [-0.25, -0.2) is 0 Å². The highest BCUT2D eigenvalue weighted by Crippen LogP contribution is 2.00. The molecule has 1 heterocycles. The lowest BCUT2D eigenvalue weighted by atomic mass is 10.1. The Morgan fingerprint density at radius 1 is 1.67 bits per heavy atom. The van der Waals surface area contributed by atoms with E-state index in [9.17, 15) is 0 Å². The summed E-state index contributed by atoms with van der Waals surface area (Å²) in [5.74, 6) is 0.968. The average Bonchev–Trinajstić information content (AvgIpc) is 1.31. The standard InChI is InChI=1S/C4H5N2/c5-1-4-2-6-3-4/h6H,2-3H2. The summed E-state index contributed by atoms with van der Waals surface area (Å²) in [5.41, 5.74) is 0. The first-order valence-corrected chi connectivity index (χ1v) is 1.89. The Morgan fingerprint density at radius 2 is 2.33 bits per heavy atom. The van der Waals surface area contributed by atoms with E-state index in [0.717, 1.165) is 19.0 Å². The summed E-state index contributed by atoms with van der Waals surface area (Å²) in [6, 6.07) is 2.06. The number of hydrogen-bond donors (Lipinski definition) is 1. The number of nitrogens with zero attached hydrogens (tertiary/aromatic N) is 1. The van der Waals surface area contributed by atoms with E-state index >= 15 is 0 Å². The summed E-state index contributed by atoms with van der Waals surface area (Å²) in [6.07, 6.45) is 0. The highest BCUT2D eigenvalue weighted by Gasteiger charge is 2.15. The third-order valence-electron chi connectivity index (χ3n) is 0.835. The van der Waals surface area contributed by atoms with Gasteiger partial charge in [-0.05, 0) is 0 Å². The van der Waals surface area contributed by atoms with Crippen LogP contribution in [0.15, 0.2) is 0 Å². The molecular formula is C4H5N2. The molecule has 1 fully saturated rings. The van der Waals surface area contributed by atoms with E-state index in [-0.39, 0.29) is 0 Å². The van der Waals surface area contributed by atoms with Crippen LogP contribution in [0.4, 0.5) is 0 Å². The first-order valence-electron chi connectivity index (χ1n) is 1.89. The molecule has 0 bridgehead atoms. The fraction of sp³-hybridized carbons (Fsp3) is 0.500. The van der Waals surface area contributed by atoms with Crippen LogP contribution in [0.5, 0.6) is 0 Å². The summed E-state index contributed by atoms with van der Waals surface area (Å²) in [4.78, 5) is 0. The van der Waals surface area contributed by atoms with Gasteiger partial charge in [0.25, 0.3) is 0 Å². The third-order valence-corrected chi connectivity index (χ3v) is 0.835. The summed E-state index contributed by atoms with van der Waals surface area (Å²) in [5, 5.41) is 11.0. The Balaban J connectivity index is 2.22. The molecule has 1 radical (unpaired) electrons. The molecule has 0 aromatic rings. The molecular weight excluding hydrogens is 76.1 g/mol. The number of nitriles is 1. The van der Waals surface area contributed by atoms with Crippen LogP contribution < -0.4 is 5.32 Å². The van der Waals surface area contributed by atoms with Gasteiger partial charge in [-0.2, -0.15) is 5.26 Å². The highest BCUT2D eigenvalue weighted by molar-refractivity contribution is 5.20. The largest absolute Gasteiger partial charge is 0.313 e. The average molecular weight is 81.1 g/mol. The van der Waals surface area contributed by atoms with Gasteiger partial charge in [-0.1, -0.05) is 0 Å². The molecule has 1 aliphatic rings. The molecule has 6 heavy (non-hydrogen) atoms. The number of hydrogen-bond acceptors (Lipinski definition) is 2. The summed E-state index contributed by atoms with van der Waals surface area (Å²) >= 11 is 0. The SMILES string of the molecule is N#C[C]1CNC1. The topological polar surface area (TPSA) is 35.8 Å². The van der Waals surface area contributed by atoms with E-state index in [4.69, 9.17) is 5.26 Å². The van der Waals surface area contributed by atoms with Crippen molar-refractivity contribution in [1.82, 2.24) is 5.32 Å². The minimum absolute atomic E-state index is 0.816. The van der Waals surface area contributed by atoms with Crippen molar-refractivity contribution in [2.75, 3.05) is 13.1 Å². The zero-order valence-corrected chi connectivity index (χ0v) is 3.36. The molecule has 0 spiro atoms. The molecule has 0 saturated carbocycles. The monoisotopic (exact) mass is 81.0 g/mol. The molecule has 0 aliphatic carbocycles. The first kappa shape index (κ1) is 3.63. The van der Waals surface area contributed by atoms with Gasteiger partial charge >= 0.3 is 0 Å². The van der Waals surface area contributed by atoms with Crippen LogP contribution in [0.25, 0.3) is 0 Å². The predicted molar refractivity (Wildman–Crippen MR) is 21.7 cm³/mol. The molecule has 0 atom stereocenters. The highest BCUT2D eigenvalue weighted by atomic mass is 14.9. The zero-order valence-electron chi connectivity index (χ0n) is 3.36. The summed E-state index contributed by atoms with van der Waals surface area (Å²) < 4.78 is 0. The second-order valence-electron chi connectivity index (χ2n) is 1.32. The van der Waals surface area contributed by atoms with E-state index in [0.29, 0.717) is 0 Å². The van der Waals surface area contributed by atoms with Crippen LogP contribution in [0.2, 0.25) is 0 Å². The Bertz CT molecular complexity index is 78.0. The van der Waals surface area contributed by atoms with Crippen molar-refractivity contribution in [3.05, 3.63) is 5.92 Å². The van der Waals surface area contributed by atoms with E-state index in [2.05, 4.69) is 11.4 Å². The van der Waals surface area contributed by atoms with Crippen molar-refractivity contribution in [1.29, 1.82) is 5.26 Å². The third kappa shape index (κ3) is 0.373. The summed E-state index contributed by atoms with van der Waals surface area (Å²) in [7, 11) is 0. The molecule has 0 aromatic heterocycles. The van der Waals surface area contributed by atoms with E-state index in [1.54, 1.807) is 0 Å². The lowest BCUT2D eigenvalue weighted by Crippen LogP contribution is -2.38. The minimum Gasteiger partial charge on any atom is -0.313 e. The normalized spacial score (nSPS) is 21.8. The summed E-state index contributed by atoms with van der Waals surface area (Å²) in [6.45, 7) is 1.63. The van der Waals surface area contributed by atoms with E-state index in [1.165, 1.54) is 0 Å². The van der Waals surface area contributed by atoms with Crippen molar-refractivity contribution in [2.45, 2.75) is 0 Å². The van der Waals surface area contributed by atoms with Gasteiger partial charge in [-0.15, -0.1) is 0 Å². The molecule has 0 unspecified atom stereocenters. The van der Waals surface area contributed by atoms with Crippen molar-refractivity contribution < 1.29 is 0 Å².